The highest BCUT2D eigenvalue weighted by Crippen LogP contribution is 2.30. The Balaban J connectivity index is 1.79. The fraction of sp³-hybridized carbons (Fsp3) is 0.217. The number of benzene rings is 2. The first-order valence-corrected chi connectivity index (χ1v) is 10.3. The van der Waals surface area contributed by atoms with E-state index in [0.717, 1.165) is 52.3 Å². The van der Waals surface area contributed by atoms with Crippen LogP contribution in [0.4, 0.5) is 0 Å². The highest BCUT2D eigenvalue weighted by atomic mass is 32.2. The van der Waals surface area contributed by atoms with Crippen molar-refractivity contribution in [3.63, 3.8) is 0 Å². The molecule has 2 heterocycles. The monoisotopic (exact) mass is 371 g/mol. The van der Waals surface area contributed by atoms with E-state index in [1.54, 1.807) is 0 Å². The van der Waals surface area contributed by atoms with Crippen LogP contribution < -0.4 is 0 Å². The van der Waals surface area contributed by atoms with Crippen molar-refractivity contribution < 1.29 is 0 Å². The van der Waals surface area contributed by atoms with Gasteiger partial charge in [-0.2, -0.15) is 5.26 Å². The molecule has 0 unspecified atom stereocenters. The first kappa shape index (κ1) is 17.6. The van der Waals surface area contributed by atoms with Crippen molar-refractivity contribution in [2.45, 2.75) is 31.2 Å². The molecular formula is C23H21N3S. The minimum Gasteiger partial charge on any atom is -0.286 e. The van der Waals surface area contributed by atoms with Gasteiger partial charge in [0.05, 0.1) is 21.6 Å². The van der Waals surface area contributed by atoms with Crippen LogP contribution in [0, 0.1) is 11.3 Å². The number of thioether (sulfide) groups is 1. The van der Waals surface area contributed by atoms with Crippen molar-refractivity contribution >= 4 is 28.4 Å². The summed E-state index contributed by atoms with van der Waals surface area (Å²) in [7, 11) is 0. The molecule has 0 fully saturated rings. The number of imidazole rings is 1. The lowest BCUT2D eigenvalue weighted by atomic mass is 10.1. The summed E-state index contributed by atoms with van der Waals surface area (Å²) in [5.41, 5.74) is 5.94. The fourth-order valence-corrected chi connectivity index (χ4v) is 4.55. The maximum Gasteiger partial charge on any atom is 0.157 e. The van der Waals surface area contributed by atoms with Gasteiger partial charge in [-0.25, -0.2) is 4.98 Å². The smallest absolute Gasteiger partial charge is 0.157 e. The summed E-state index contributed by atoms with van der Waals surface area (Å²) in [6, 6.07) is 23.3. The van der Waals surface area contributed by atoms with Crippen molar-refractivity contribution in [2.75, 3.05) is 5.75 Å². The third-order valence-electron chi connectivity index (χ3n) is 4.74. The molecular weight excluding hydrogens is 350 g/mol. The second-order valence-corrected chi connectivity index (χ2v) is 7.70. The predicted molar refractivity (Wildman–Crippen MR) is 112 cm³/mol. The van der Waals surface area contributed by atoms with Crippen LogP contribution in [-0.2, 0) is 12.8 Å². The Kier molecular flexibility index (Phi) is 5.13. The molecule has 2 aromatic carbocycles. The quantitative estimate of drug-likeness (QED) is 0.411. The Morgan fingerprint density at radius 1 is 1.04 bits per heavy atom. The molecule has 4 heteroatoms. The van der Waals surface area contributed by atoms with E-state index < -0.39 is 0 Å². The van der Waals surface area contributed by atoms with Crippen molar-refractivity contribution in [1.82, 2.24) is 9.38 Å². The van der Waals surface area contributed by atoms with E-state index in [0.29, 0.717) is 5.56 Å². The first-order chi connectivity index (χ1) is 13.3. The largest absolute Gasteiger partial charge is 0.286 e. The lowest BCUT2D eigenvalue weighted by molar-refractivity contribution is 0.899. The van der Waals surface area contributed by atoms with Gasteiger partial charge in [0.2, 0.25) is 0 Å². The van der Waals surface area contributed by atoms with E-state index in [2.05, 4.69) is 59.9 Å². The zero-order valence-corrected chi connectivity index (χ0v) is 16.2. The van der Waals surface area contributed by atoms with Crippen molar-refractivity contribution in [3.05, 3.63) is 77.4 Å². The van der Waals surface area contributed by atoms with Crippen molar-refractivity contribution in [2.24, 2.45) is 0 Å². The van der Waals surface area contributed by atoms with Crippen LogP contribution in [0.5, 0.6) is 0 Å². The van der Waals surface area contributed by atoms with Crippen LogP contribution in [0.3, 0.4) is 0 Å². The van der Waals surface area contributed by atoms with Gasteiger partial charge in [-0.1, -0.05) is 55.8 Å². The molecule has 4 rings (SSSR count). The Morgan fingerprint density at radius 3 is 2.59 bits per heavy atom. The van der Waals surface area contributed by atoms with Gasteiger partial charge >= 0.3 is 0 Å². The molecule has 27 heavy (non-hydrogen) atoms. The van der Waals surface area contributed by atoms with Gasteiger partial charge in [0.15, 0.2) is 5.65 Å². The number of aromatic nitrogens is 2. The summed E-state index contributed by atoms with van der Waals surface area (Å²) in [4.78, 5) is 4.78. The highest BCUT2D eigenvalue weighted by Gasteiger charge is 2.16. The van der Waals surface area contributed by atoms with Crippen molar-refractivity contribution in [1.29, 1.82) is 5.26 Å². The minimum atomic E-state index is 0.709. The molecule has 0 N–H and O–H groups in total. The minimum absolute atomic E-state index is 0.709. The second-order valence-electron chi connectivity index (χ2n) is 6.59. The maximum absolute atomic E-state index is 9.77. The van der Waals surface area contributed by atoms with Gasteiger partial charge in [0.1, 0.15) is 6.07 Å². The van der Waals surface area contributed by atoms with Crippen LogP contribution in [0.15, 0.2) is 65.7 Å². The van der Waals surface area contributed by atoms with Crippen LogP contribution >= 0.6 is 11.8 Å². The molecule has 0 saturated heterocycles. The number of aryl methyl sites for hydroxylation is 2. The summed E-state index contributed by atoms with van der Waals surface area (Å²) in [5.74, 6) is 0.989. The first-order valence-electron chi connectivity index (χ1n) is 9.31. The van der Waals surface area contributed by atoms with Gasteiger partial charge in [0, 0.05) is 5.75 Å². The maximum atomic E-state index is 9.77. The zero-order chi connectivity index (χ0) is 18.6. The average Bonchev–Trinajstić information content (AvgIpc) is 3.09. The number of fused-ring (bicyclic) bond motifs is 3. The van der Waals surface area contributed by atoms with E-state index in [4.69, 9.17) is 4.98 Å². The number of rotatable bonds is 6. The third kappa shape index (κ3) is 3.43. The zero-order valence-electron chi connectivity index (χ0n) is 15.4. The van der Waals surface area contributed by atoms with Crippen LogP contribution in [0.1, 0.15) is 30.0 Å². The fourth-order valence-electron chi connectivity index (χ4n) is 3.46. The molecule has 0 saturated carbocycles. The Morgan fingerprint density at radius 2 is 1.81 bits per heavy atom. The van der Waals surface area contributed by atoms with Gasteiger partial charge in [-0.05, 0) is 42.2 Å². The number of para-hydroxylation sites is 2. The summed E-state index contributed by atoms with van der Waals surface area (Å²) >= 11 is 1.84. The van der Waals surface area contributed by atoms with E-state index in [9.17, 15) is 5.26 Å². The van der Waals surface area contributed by atoms with Crippen molar-refractivity contribution in [3.8, 4) is 6.07 Å². The second kappa shape index (κ2) is 7.85. The lowest BCUT2D eigenvalue weighted by Gasteiger charge is -2.11. The molecule has 0 amide bonds. The topological polar surface area (TPSA) is 41.1 Å². The summed E-state index contributed by atoms with van der Waals surface area (Å²) in [5, 5.41) is 10.9. The summed E-state index contributed by atoms with van der Waals surface area (Å²) in [6.07, 6.45) is 2.93. The average molecular weight is 372 g/mol. The number of hydrogen-bond acceptors (Lipinski definition) is 3. The molecule has 0 spiro atoms. The number of nitriles is 1. The van der Waals surface area contributed by atoms with Crippen LogP contribution in [-0.4, -0.2) is 15.1 Å². The van der Waals surface area contributed by atoms with E-state index in [1.807, 2.05) is 30.0 Å². The Labute approximate surface area is 163 Å². The van der Waals surface area contributed by atoms with Gasteiger partial charge < -0.3 is 0 Å². The number of nitrogens with zero attached hydrogens (tertiary/aromatic N) is 3. The molecule has 2 aromatic heterocycles. The van der Waals surface area contributed by atoms with E-state index >= 15 is 0 Å². The third-order valence-corrected chi connectivity index (χ3v) is 5.74. The molecule has 0 bridgehead atoms. The molecule has 134 valence electrons. The summed E-state index contributed by atoms with van der Waals surface area (Å²) < 4.78 is 2.16. The standard InChI is InChI=1S/C23H21N3S/c1-2-8-18-15-22(27-14-13-17-9-4-3-5-10-17)26-21-12-7-6-11-20(21)25-23(26)19(18)16-24/h3-7,9-12,15H,2,8,13-14H2,1H3. The molecule has 0 aliphatic carbocycles. The number of pyridine rings is 1. The highest BCUT2D eigenvalue weighted by molar-refractivity contribution is 7.99. The molecule has 0 aliphatic rings. The molecule has 0 atom stereocenters. The predicted octanol–water partition coefficient (Wildman–Crippen LogP) is 5.65. The number of hydrogen-bond donors (Lipinski definition) is 0. The van der Waals surface area contributed by atoms with Gasteiger partial charge in [0.25, 0.3) is 0 Å². The SMILES string of the molecule is CCCc1cc(SCCc2ccccc2)n2c(nc3ccccc32)c1C#N. The molecule has 3 nitrogen and oxygen atoms in total. The summed E-state index contributed by atoms with van der Waals surface area (Å²) in [6.45, 7) is 2.15. The van der Waals surface area contributed by atoms with Gasteiger partial charge in [-0.15, -0.1) is 11.8 Å². The molecule has 0 radical (unpaired) electrons. The van der Waals surface area contributed by atoms with Crippen LogP contribution in [0.2, 0.25) is 0 Å². The normalized spacial score (nSPS) is 11.1. The van der Waals surface area contributed by atoms with E-state index in [1.165, 1.54) is 5.56 Å². The Bertz CT molecular complexity index is 1120. The van der Waals surface area contributed by atoms with Crippen LogP contribution in [0.25, 0.3) is 16.7 Å². The molecule has 0 aliphatic heterocycles. The van der Waals surface area contributed by atoms with Gasteiger partial charge in [-0.3, -0.25) is 4.40 Å². The Hall–Kier alpha value is -2.77. The van der Waals surface area contributed by atoms with E-state index in [-0.39, 0.29) is 0 Å². The molecule has 4 aromatic rings. The lowest BCUT2D eigenvalue weighted by Crippen LogP contribution is -2.01.